The molecule has 1 aromatic rings. The van der Waals surface area contributed by atoms with Gasteiger partial charge in [0.25, 0.3) is 0 Å². The van der Waals surface area contributed by atoms with Crippen LogP contribution in [0.1, 0.15) is 25.3 Å². The Kier molecular flexibility index (Phi) is 4.90. The zero-order valence-corrected chi connectivity index (χ0v) is 13.8. The highest BCUT2D eigenvalue weighted by atomic mass is 79.9. The van der Waals surface area contributed by atoms with Crippen molar-refractivity contribution in [3.05, 3.63) is 22.2 Å². The van der Waals surface area contributed by atoms with Crippen LogP contribution in [0.4, 0.5) is 0 Å². The van der Waals surface area contributed by atoms with Gasteiger partial charge in [-0.25, -0.2) is 8.42 Å². The smallest absolute Gasteiger partial charge is 0.321 e. The first kappa shape index (κ1) is 16.3. The molecule has 21 heavy (non-hydrogen) atoms. The first-order valence-electron chi connectivity index (χ1n) is 6.55. The molecule has 2 N–H and O–H groups in total. The van der Waals surface area contributed by atoms with E-state index in [2.05, 4.69) is 20.7 Å². The number of ether oxygens (including phenoxy) is 1. The third-order valence-corrected chi connectivity index (χ3v) is 5.11. The molecule has 1 aromatic carbocycles. The fourth-order valence-corrected chi connectivity index (χ4v) is 4.30. The van der Waals surface area contributed by atoms with Crippen LogP contribution in [0.5, 0.6) is 5.75 Å². The van der Waals surface area contributed by atoms with E-state index in [9.17, 15) is 13.2 Å². The molecule has 0 bridgehead atoms. The van der Waals surface area contributed by atoms with E-state index in [0.717, 1.165) is 5.56 Å². The van der Waals surface area contributed by atoms with Crippen LogP contribution in [0.2, 0.25) is 0 Å². The van der Waals surface area contributed by atoms with Crippen molar-refractivity contribution in [2.75, 3.05) is 6.61 Å². The van der Waals surface area contributed by atoms with Gasteiger partial charge in [0.05, 0.1) is 6.61 Å². The molecule has 1 atom stereocenters. The number of halogens is 1. The van der Waals surface area contributed by atoms with Gasteiger partial charge in [-0.3, -0.25) is 4.79 Å². The van der Waals surface area contributed by atoms with Crippen molar-refractivity contribution in [2.45, 2.75) is 37.1 Å². The van der Waals surface area contributed by atoms with Crippen molar-refractivity contribution in [3.8, 4) is 5.75 Å². The van der Waals surface area contributed by atoms with Gasteiger partial charge in [-0.2, -0.15) is 4.72 Å². The molecule has 0 aromatic heterocycles. The van der Waals surface area contributed by atoms with E-state index in [4.69, 9.17) is 9.84 Å². The van der Waals surface area contributed by atoms with Gasteiger partial charge in [0, 0.05) is 16.5 Å². The molecule has 1 aliphatic heterocycles. The highest BCUT2D eigenvalue weighted by molar-refractivity contribution is 9.10. The van der Waals surface area contributed by atoms with Crippen molar-refractivity contribution in [1.29, 1.82) is 0 Å². The summed E-state index contributed by atoms with van der Waals surface area (Å²) in [5.74, 6) is -0.876. The number of carboxylic acid groups (broad SMARTS) is 1. The molecule has 0 aliphatic carbocycles. The maximum absolute atomic E-state index is 12.5. The van der Waals surface area contributed by atoms with Crippen LogP contribution in [-0.2, 0) is 21.2 Å². The van der Waals surface area contributed by atoms with Crippen LogP contribution in [0.3, 0.4) is 0 Å². The third-order valence-electron chi connectivity index (χ3n) is 3.18. The lowest BCUT2D eigenvalue weighted by atomic mass is 10.2. The number of aliphatic carboxylic acids is 1. The molecule has 0 radical (unpaired) electrons. The lowest BCUT2D eigenvalue weighted by Gasteiger charge is -2.16. The Hall–Kier alpha value is -1.12. The Labute approximate surface area is 131 Å². The van der Waals surface area contributed by atoms with Crippen molar-refractivity contribution in [3.63, 3.8) is 0 Å². The predicted molar refractivity (Wildman–Crippen MR) is 80.0 cm³/mol. The molecule has 1 aliphatic rings. The number of carbonyl (C=O) groups is 1. The summed E-state index contributed by atoms with van der Waals surface area (Å²) in [6, 6.07) is 2.09. The second-order valence-electron chi connectivity index (χ2n) is 4.79. The van der Waals surface area contributed by atoms with Gasteiger partial charge in [0.2, 0.25) is 10.0 Å². The number of rotatable bonds is 6. The Balaban J connectivity index is 2.38. The Morgan fingerprint density at radius 3 is 2.86 bits per heavy atom. The number of nitrogens with one attached hydrogen (secondary N) is 1. The van der Waals surface area contributed by atoms with Crippen molar-refractivity contribution < 1.29 is 23.1 Å². The number of fused-ring (bicyclic) bond motifs is 1. The van der Waals surface area contributed by atoms with Gasteiger partial charge in [0.15, 0.2) is 0 Å². The second-order valence-corrected chi connectivity index (χ2v) is 7.39. The van der Waals surface area contributed by atoms with Crippen molar-refractivity contribution in [1.82, 2.24) is 4.72 Å². The van der Waals surface area contributed by atoms with E-state index in [0.29, 0.717) is 29.7 Å². The van der Waals surface area contributed by atoms with Gasteiger partial charge < -0.3 is 9.84 Å². The Morgan fingerprint density at radius 2 is 2.24 bits per heavy atom. The topological polar surface area (TPSA) is 92.7 Å². The zero-order chi connectivity index (χ0) is 15.6. The number of sulfonamides is 1. The summed E-state index contributed by atoms with van der Waals surface area (Å²) in [5.41, 5.74) is 0.798. The number of hydrogen-bond acceptors (Lipinski definition) is 4. The van der Waals surface area contributed by atoms with Gasteiger partial charge >= 0.3 is 5.97 Å². The van der Waals surface area contributed by atoms with Gasteiger partial charge in [-0.05, 0) is 18.6 Å². The normalized spacial score (nSPS) is 15.3. The number of benzene rings is 1. The zero-order valence-electron chi connectivity index (χ0n) is 11.4. The van der Waals surface area contributed by atoms with Crippen LogP contribution < -0.4 is 9.46 Å². The van der Waals surface area contributed by atoms with Gasteiger partial charge in [-0.1, -0.05) is 29.3 Å². The average molecular weight is 378 g/mol. The van der Waals surface area contributed by atoms with Crippen LogP contribution in [0.15, 0.2) is 21.5 Å². The van der Waals surface area contributed by atoms with Crippen LogP contribution in [-0.4, -0.2) is 32.1 Å². The molecular formula is C13H16BrNO5S. The SMILES string of the molecule is CCCC(NS(=O)(=O)c1cc(Br)cc2c1OCC2)C(=O)O. The van der Waals surface area contributed by atoms with Gasteiger partial charge in [-0.15, -0.1) is 0 Å². The standard InChI is InChI=1S/C13H16BrNO5S/c1-2-3-10(13(16)17)15-21(18,19)11-7-9(14)6-8-4-5-20-12(8)11/h6-7,10,15H,2-5H2,1H3,(H,16,17). The summed E-state index contributed by atoms with van der Waals surface area (Å²) in [4.78, 5) is 11.1. The summed E-state index contributed by atoms with van der Waals surface area (Å²) in [6.45, 7) is 2.22. The molecule has 2 rings (SSSR count). The van der Waals surface area contributed by atoms with Crippen LogP contribution in [0, 0.1) is 0 Å². The molecule has 116 valence electrons. The van der Waals surface area contributed by atoms with Gasteiger partial charge in [0.1, 0.15) is 16.7 Å². The van der Waals surface area contributed by atoms with E-state index in [1.807, 2.05) is 6.07 Å². The minimum absolute atomic E-state index is 0.0215. The summed E-state index contributed by atoms with van der Waals surface area (Å²) in [7, 11) is -3.96. The highest BCUT2D eigenvalue weighted by Crippen LogP contribution is 2.35. The summed E-state index contributed by atoms with van der Waals surface area (Å²) in [5, 5.41) is 9.10. The Morgan fingerprint density at radius 1 is 1.52 bits per heavy atom. The lowest BCUT2D eigenvalue weighted by Crippen LogP contribution is -2.40. The minimum atomic E-state index is -3.96. The molecule has 0 saturated heterocycles. The molecule has 1 unspecified atom stereocenters. The summed E-state index contributed by atoms with van der Waals surface area (Å²) in [6.07, 6.45) is 1.42. The fraction of sp³-hybridized carbons (Fsp3) is 0.462. The van der Waals surface area contributed by atoms with Crippen LogP contribution in [0.25, 0.3) is 0 Å². The average Bonchev–Trinajstić information content (AvgIpc) is 2.84. The highest BCUT2D eigenvalue weighted by Gasteiger charge is 2.30. The molecular weight excluding hydrogens is 362 g/mol. The molecule has 0 spiro atoms. The molecule has 0 saturated carbocycles. The second kappa shape index (κ2) is 6.33. The van der Waals surface area contributed by atoms with E-state index >= 15 is 0 Å². The predicted octanol–water partition coefficient (Wildman–Crippen LogP) is 1.92. The maximum atomic E-state index is 12.5. The van der Waals surface area contributed by atoms with E-state index in [-0.39, 0.29) is 11.3 Å². The quantitative estimate of drug-likeness (QED) is 0.789. The minimum Gasteiger partial charge on any atom is -0.492 e. The third kappa shape index (κ3) is 3.56. The molecule has 0 fully saturated rings. The summed E-state index contributed by atoms with van der Waals surface area (Å²) >= 11 is 3.27. The van der Waals surface area contributed by atoms with Crippen molar-refractivity contribution >= 4 is 31.9 Å². The first-order valence-corrected chi connectivity index (χ1v) is 8.83. The summed E-state index contributed by atoms with van der Waals surface area (Å²) < 4.78 is 33.2. The molecule has 0 amide bonds. The lowest BCUT2D eigenvalue weighted by molar-refractivity contribution is -0.139. The largest absolute Gasteiger partial charge is 0.492 e. The van der Waals surface area contributed by atoms with E-state index < -0.39 is 22.0 Å². The molecule has 1 heterocycles. The molecule has 6 nitrogen and oxygen atoms in total. The fourth-order valence-electron chi connectivity index (χ4n) is 2.21. The number of carboxylic acids is 1. The van der Waals surface area contributed by atoms with Crippen molar-refractivity contribution in [2.24, 2.45) is 0 Å². The first-order chi connectivity index (χ1) is 9.85. The monoisotopic (exact) mass is 377 g/mol. The van der Waals surface area contributed by atoms with Crippen LogP contribution >= 0.6 is 15.9 Å². The number of hydrogen-bond donors (Lipinski definition) is 2. The Bertz CT molecular complexity index is 659. The molecule has 8 heteroatoms. The maximum Gasteiger partial charge on any atom is 0.321 e. The van der Waals surface area contributed by atoms with E-state index in [1.54, 1.807) is 6.92 Å². The van der Waals surface area contributed by atoms with E-state index in [1.165, 1.54) is 6.07 Å².